The fourth-order valence-electron chi connectivity index (χ4n) is 1.51. The van der Waals surface area contributed by atoms with Crippen molar-refractivity contribution in [2.75, 3.05) is 0 Å². The van der Waals surface area contributed by atoms with E-state index in [9.17, 15) is 4.39 Å². The van der Waals surface area contributed by atoms with Gasteiger partial charge in [0.05, 0.1) is 0 Å². The maximum Gasteiger partial charge on any atom is 0.133 e. The largest absolute Gasteiger partial charge is 0.361 e. The van der Waals surface area contributed by atoms with E-state index in [0.717, 1.165) is 16.6 Å². The summed E-state index contributed by atoms with van der Waals surface area (Å²) >= 11 is 0. The van der Waals surface area contributed by atoms with Crippen LogP contribution < -0.4 is 0 Å². The van der Waals surface area contributed by atoms with Gasteiger partial charge in [0.1, 0.15) is 5.82 Å². The molecule has 0 aliphatic heterocycles. The molecule has 0 saturated carbocycles. The number of aromatic amines is 1. The molecule has 0 atom stereocenters. The van der Waals surface area contributed by atoms with Gasteiger partial charge in [-0.1, -0.05) is 27.7 Å². The summed E-state index contributed by atoms with van der Waals surface area (Å²) in [6.45, 7) is 11.8. The Morgan fingerprint density at radius 1 is 1.00 bits per heavy atom. The molecule has 0 unspecified atom stereocenters. The van der Waals surface area contributed by atoms with E-state index in [0.29, 0.717) is 5.39 Å². The quantitative estimate of drug-likeness (QED) is 0.648. The molecule has 0 amide bonds. The van der Waals surface area contributed by atoms with Crippen molar-refractivity contribution < 1.29 is 4.39 Å². The summed E-state index contributed by atoms with van der Waals surface area (Å²) in [5.74, 6) is -0.135. The Balaban J connectivity index is 0.000000509. The van der Waals surface area contributed by atoms with E-state index in [1.54, 1.807) is 6.07 Å². The highest BCUT2D eigenvalue weighted by molar-refractivity contribution is 5.84. The molecular weight excluding hydrogens is 201 g/mol. The van der Waals surface area contributed by atoms with Gasteiger partial charge in [0, 0.05) is 17.1 Å². The third-order valence-corrected chi connectivity index (χ3v) is 2.07. The molecule has 0 fully saturated rings. The van der Waals surface area contributed by atoms with E-state index in [2.05, 4.69) is 4.98 Å². The summed E-state index contributed by atoms with van der Waals surface area (Å²) in [6, 6.07) is 3.51. The third kappa shape index (κ3) is 3.09. The number of H-pyrrole nitrogens is 1. The fraction of sp³-hybridized carbons (Fsp3) is 0.429. The van der Waals surface area contributed by atoms with Crippen LogP contribution in [0.1, 0.15) is 38.8 Å². The molecule has 2 heteroatoms. The molecule has 0 aliphatic carbocycles. The molecule has 16 heavy (non-hydrogen) atoms. The Morgan fingerprint density at radius 2 is 1.56 bits per heavy atom. The minimum absolute atomic E-state index is 0.135. The van der Waals surface area contributed by atoms with Gasteiger partial charge in [-0.25, -0.2) is 4.39 Å². The van der Waals surface area contributed by atoms with Gasteiger partial charge in [0.25, 0.3) is 0 Å². The maximum absolute atomic E-state index is 13.3. The lowest BCUT2D eigenvalue weighted by Gasteiger charge is -1.96. The lowest BCUT2D eigenvalue weighted by molar-refractivity contribution is 0.638. The standard InChI is InChI=1S/C10H10FN.2C2H6/c1-6-3-8(11)10-7(2)5-12-9(10)4-6;2*1-2/h3-5,12H,1-2H3;2*1-2H3. The Labute approximate surface area is 97.7 Å². The third-order valence-electron chi connectivity index (χ3n) is 2.07. The van der Waals surface area contributed by atoms with Gasteiger partial charge in [-0.05, 0) is 37.1 Å². The molecule has 0 radical (unpaired) electrons. The Morgan fingerprint density at radius 3 is 2.12 bits per heavy atom. The van der Waals surface area contributed by atoms with Crippen LogP contribution in [0.5, 0.6) is 0 Å². The van der Waals surface area contributed by atoms with E-state index in [1.165, 1.54) is 0 Å². The maximum atomic E-state index is 13.3. The van der Waals surface area contributed by atoms with Crippen LogP contribution in [0.3, 0.4) is 0 Å². The van der Waals surface area contributed by atoms with Gasteiger partial charge in [0.15, 0.2) is 0 Å². The Bertz CT molecular complexity index is 429. The van der Waals surface area contributed by atoms with Crippen LogP contribution in [-0.4, -0.2) is 4.98 Å². The first-order valence-electron chi connectivity index (χ1n) is 5.92. The molecule has 1 aromatic heterocycles. The van der Waals surface area contributed by atoms with Gasteiger partial charge in [-0.2, -0.15) is 0 Å². The molecule has 1 N–H and O–H groups in total. The van der Waals surface area contributed by atoms with Crippen LogP contribution in [0.2, 0.25) is 0 Å². The molecule has 0 spiro atoms. The highest BCUT2D eigenvalue weighted by Gasteiger charge is 2.05. The van der Waals surface area contributed by atoms with Gasteiger partial charge < -0.3 is 4.98 Å². The first-order valence-corrected chi connectivity index (χ1v) is 5.92. The van der Waals surface area contributed by atoms with Crippen molar-refractivity contribution in [3.63, 3.8) is 0 Å². The number of nitrogens with one attached hydrogen (secondary N) is 1. The lowest BCUT2D eigenvalue weighted by atomic mass is 10.1. The van der Waals surface area contributed by atoms with Gasteiger partial charge in [-0.3, -0.25) is 0 Å². The van der Waals surface area contributed by atoms with Crippen LogP contribution in [0.15, 0.2) is 18.3 Å². The summed E-state index contributed by atoms with van der Waals surface area (Å²) in [7, 11) is 0. The summed E-state index contributed by atoms with van der Waals surface area (Å²) < 4.78 is 13.3. The summed E-state index contributed by atoms with van der Waals surface area (Å²) in [5.41, 5.74) is 2.79. The van der Waals surface area contributed by atoms with Gasteiger partial charge in [-0.15, -0.1) is 0 Å². The number of rotatable bonds is 0. The molecule has 0 aliphatic rings. The fourth-order valence-corrected chi connectivity index (χ4v) is 1.51. The molecule has 1 heterocycles. The molecular formula is C14H22FN. The molecule has 1 aromatic carbocycles. The second kappa shape index (κ2) is 7.04. The zero-order valence-electron chi connectivity index (χ0n) is 11.1. The lowest BCUT2D eigenvalue weighted by Crippen LogP contribution is -1.80. The Hall–Kier alpha value is -1.31. The summed E-state index contributed by atoms with van der Waals surface area (Å²) in [4.78, 5) is 3.03. The number of aryl methyl sites for hydroxylation is 2. The van der Waals surface area contributed by atoms with Crippen molar-refractivity contribution in [1.82, 2.24) is 4.98 Å². The average molecular weight is 223 g/mol. The van der Waals surface area contributed by atoms with E-state index in [1.807, 2.05) is 53.8 Å². The summed E-state index contributed by atoms with van der Waals surface area (Å²) in [5, 5.41) is 0.709. The van der Waals surface area contributed by atoms with Gasteiger partial charge >= 0.3 is 0 Å². The van der Waals surface area contributed by atoms with Crippen LogP contribution in [0.25, 0.3) is 10.9 Å². The molecule has 2 aromatic rings. The number of aromatic nitrogens is 1. The second-order valence-electron chi connectivity index (χ2n) is 3.14. The normalized spacial score (nSPS) is 8.94. The van der Waals surface area contributed by atoms with Crippen LogP contribution >= 0.6 is 0 Å². The first-order chi connectivity index (χ1) is 7.68. The average Bonchev–Trinajstić information content (AvgIpc) is 2.66. The number of hydrogen-bond acceptors (Lipinski definition) is 0. The van der Waals surface area contributed by atoms with Crippen molar-refractivity contribution in [3.05, 3.63) is 35.3 Å². The topological polar surface area (TPSA) is 15.8 Å². The zero-order valence-corrected chi connectivity index (χ0v) is 11.1. The minimum atomic E-state index is -0.135. The van der Waals surface area contributed by atoms with Crippen LogP contribution in [-0.2, 0) is 0 Å². The van der Waals surface area contributed by atoms with Crippen molar-refractivity contribution >= 4 is 10.9 Å². The molecule has 1 nitrogen and oxygen atoms in total. The highest BCUT2D eigenvalue weighted by Crippen LogP contribution is 2.22. The zero-order chi connectivity index (χ0) is 12.7. The number of benzene rings is 1. The molecule has 0 bridgehead atoms. The predicted molar refractivity (Wildman–Crippen MR) is 70.4 cm³/mol. The monoisotopic (exact) mass is 223 g/mol. The van der Waals surface area contributed by atoms with E-state index >= 15 is 0 Å². The number of fused-ring (bicyclic) bond motifs is 1. The first kappa shape index (κ1) is 14.7. The molecule has 90 valence electrons. The van der Waals surface area contributed by atoms with Gasteiger partial charge in [0.2, 0.25) is 0 Å². The highest BCUT2D eigenvalue weighted by atomic mass is 19.1. The molecule has 0 saturated heterocycles. The van der Waals surface area contributed by atoms with E-state index in [4.69, 9.17) is 0 Å². The van der Waals surface area contributed by atoms with Crippen molar-refractivity contribution in [2.45, 2.75) is 41.5 Å². The van der Waals surface area contributed by atoms with E-state index in [-0.39, 0.29) is 5.82 Å². The number of halogens is 1. The smallest absolute Gasteiger partial charge is 0.133 e. The Kier molecular flexibility index (Phi) is 6.47. The second-order valence-corrected chi connectivity index (χ2v) is 3.14. The summed E-state index contributed by atoms with van der Waals surface area (Å²) in [6.07, 6.45) is 1.83. The van der Waals surface area contributed by atoms with Crippen molar-refractivity contribution in [1.29, 1.82) is 0 Å². The van der Waals surface area contributed by atoms with Crippen LogP contribution in [0.4, 0.5) is 4.39 Å². The van der Waals surface area contributed by atoms with Crippen molar-refractivity contribution in [3.8, 4) is 0 Å². The van der Waals surface area contributed by atoms with E-state index < -0.39 is 0 Å². The minimum Gasteiger partial charge on any atom is -0.361 e. The van der Waals surface area contributed by atoms with Crippen molar-refractivity contribution in [2.24, 2.45) is 0 Å². The SMILES string of the molecule is CC.CC.Cc1cc(F)c2c(C)c[nH]c2c1. The predicted octanol–water partition coefficient (Wildman–Crippen LogP) is 4.98. The molecule has 2 rings (SSSR count). The number of hydrogen-bond donors (Lipinski definition) is 1. The van der Waals surface area contributed by atoms with Crippen LogP contribution in [0, 0.1) is 19.7 Å².